The van der Waals surface area contributed by atoms with E-state index in [1.165, 1.54) is 5.19 Å². The third-order valence-corrected chi connectivity index (χ3v) is 16.4. The molecule has 10 nitrogen and oxygen atoms in total. The predicted octanol–water partition coefficient (Wildman–Crippen LogP) is 6.00. The van der Waals surface area contributed by atoms with Gasteiger partial charge in [-0.15, -0.1) is 0 Å². The number of anilines is 2. The summed E-state index contributed by atoms with van der Waals surface area (Å²) >= 11 is 0. The molecular weight excluding hydrogens is 711 g/mol. The topological polar surface area (TPSA) is 109 Å². The summed E-state index contributed by atoms with van der Waals surface area (Å²) in [5.41, 5.74) is 2.70. The van der Waals surface area contributed by atoms with Crippen LogP contribution < -0.4 is 24.5 Å². The van der Waals surface area contributed by atoms with Crippen LogP contribution in [-0.2, 0) is 37.8 Å². The van der Waals surface area contributed by atoms with Gasteiger partial charge in [-0.3, -0.25) is 14.4 Å². The number of aliphatic hydroxyl groups is 1. The number of rotatable bonds is 13. The molecule has 0 bridgehead atoms. The van der Waals surface area contributed by atoms with Crippen LogP contribution in [0.25, 0.3) is 0 Å². The smallest absolute Gasteiger partial charge is 0.264 e. The number of fused-ring (bicyclic) bond motifs is 2. The lowest BCUT2D eigenvalue weighted by atomic mass is 9.82. The van der Waals surface area contributed by atoms with Gasteiger partial charge in [-0.1, -0.05) is 79.8 Å². The number of nitrogens with zero attached hydrogens (tertiary/aromatic N) is 3. The Bertz CT molecular complexity index is 2020. The molecular formula is C44H51N3O7Si. The summed E-state index contributed by atoms with van der Waals surface area (Å²) in [6.07, 6.45) is 0.868. The van der Waals surface area contributed by atoms with Crippen molar-refractivity contribution < 1.29 is 33.7 Å². The average Bonchev–Trinajstić information content (AvgIpc) is 3.83. The molecule has 0 radical (unpaired) electrons. The molecule has 1 N–H and O–H groups in total. The molecule has 7 rings (SSSR count). The van der Waals surface area contributed by atoms with Gasteiger partial charge in [0.25, 0.3) is 5.91 Å². The van der Waals surface area contributed by atoms with E-state index in [1.54, 1.807) is 24.0 Å². The van der Waals surface area contributed by atoms with Crippen LogP contribution >= 0.6 is 0 Å². The second kappa shape index (κ2) is 15.6. The Hall–Kier alpha value is -4.97. The normalized spacial score (nSPS) is 22.0. The molecule has 3 aliphatic rings. The molecule has 4 aromatic carbocycles. The first-order valence-corrected chi connectivity index (χ1v) is 22.2. The van der Waals surface area contributed by atoms with Gasteiger partial charge in [-0.2, -0.15) is 0 Å². The van der Waals surface area contributed by atoms with Gasteiger partial charge >= 0.3 is 0 Å². The Morgan fingerprint density at radius 1 is 0.927 bits per heavy atom. The molecule has 2 saturated heterocycles. The standard InChI is InChI=1S/C44H51N3O7Si/c1-30-42(55(4,5)36-20-17-34(52-2)18-21-36)39(27-41(50)45(24-25-48)28-31-10-7-6-8-11-31)54-44(30)37-26-35(53-3)19-22-38(37)47(43(44)51)29-32-13-15-33(16-14-32)46-23-9-12-40(46)49/h6-8,10-11,13-22,26,30,39,42,48H,9,12,23-25,27-29H2,1-5H3/t30-,39+,42-,44+/m1/s1. The first kappa shape index (κ1) is 38.3. The van der Waals surface area contributed by atoms with E-state index in [9.17, 15) is 14.7 Å². The summed E-state index contributed by atoms with van der Waals surface area (Å²) in [5, 5.41) is 11.2. The van der Waals surface area contributed by atoms with E-state index in [-0.39, 0.29) is 48.8 Å². The molecule has 55 heavy (non-hydrogen) atoms. The van der Waals surface area contributed by atoms with E-state index in [2.05, 4.69) is 32.2 Å². The highest BCUT2D eigenvalue weighted by Crippen LogP contribution is 2.60. The second-order valence-electron chi connectivity index (χ2n) is 15.5. The molecule has 3 heterocycles. The molecule has 3 amide bonds. The minimum absolute atomic E-state index is 0.0550. The van der Waals surface area contributed by atoms with Crippen molar-refractivity contribution >= 4 is 42.4 Å². The molecule has 0 unspecified atom stereocenters. The van der Waals surface area contributed by atoms with Gasteiger partial charge in [0.15, 0.2) is 5.60 Å². The van der Waals surface area contributed by atoms with Gasteiger partial charge < -0.3 is 34.0 Å². The minimum atomic E-state index is -2.52. The first-order valence-electron chi connectivity index (χ1n) is 19.2. The highest BCUT2D eigenvalue weighted by Gasteiger charge is 2.66. The van der Waals surface area contributed by atoms with Crippen LogP contribution in [0.5, 0.6) is 11.5 Å². The molecule has 0 aromatic heterocycles. The predicted molar refractivity (Wildman–Crippen MR) is 215 cm³/mol. The molecule has 288 valence electrons. The Morgan fingerprint density at radius 2 is 1.62 bits per heavy atom. The van der Waals surface area contributed by atoms with Crippen LogP contribution in [0.2, 0.25) is 18.6 Å². The fraction of sp³-hybridized carbons (Fsp3) is 0.386. The number of ether oxygens (including phenoxy) is 3. The summed E-state index contributed by atoms with van der Waals surface area (Å²) in [4.78, 5) is 47.4. The lowest BCUT2D eigenvalue weighted by molar-refractivity contribution is -0.150. The van der Waals surface area contributed by atoms with Gasteiger partial charge in [0.1, 0.15) is 11.5 Å². The SMILES string of the molecule is COc1ccc([Si](C)(C)[C@H]2[C@H](CC(=O)N(CCO)Cc3ccccc3)O[C@@]3(C(=O)N(Cc4ccc(N5CCCC5=O)cc4)c4ccc(OC)cc43)[C@@H]2C)cc1. The Kier molecular flexibility index (Phi) is 10.9. The summed E-state index contributed by atoms with van der Waals surface area (Å²) in [6, 6.07) is 31.5. The summed E-state index contributed by atoms with van der Waals surface area (Å²) < 4.78 is 18.5. The van der Waals surface area contributed by atoms with E-state index in [0.29, 0.717) is 31.8 Å². The van der Waals surface area contributed by atoms with Crippen LogP contribution in [0.15, 0.2) is 97.1 Å². The summed E-state index contributed by atoms with van der Waals surface area (Å²) in [6.45, 7) is 8.08. The summed E-state index contributed by atoms with van der Waals surface area (Å²) in [5.74, 6) is 0.877. The van der Waals surface area contributed by atoms with Gasteiger partial charge in [-0.25, -0.2) is 0 Å². The number of hydrogen-bond acceptors (Lipinski definition) is 7. The molecule has 3 aliphatic heterocycles. The van der Waals surface area contributed by atoms with Gasteiger partial charge in [0.05, 0.1) is 53.7 Å². The monoisotopic (exact) mass is 761 g/mol. The number of hydrogen-bond donors (Lipinski definition) is 1. The zero-order valence-corrected chi connectivity index (χ0v) is 33.4. The van der Waals surface area contributed by atoms with Crippen molar-refractivity contribution in [3.63, 3.8) is 0 Å². The van der Waals surface area contributed by atoms with Crippen LogP contribution in [-0.4, -0.2) is 75.8 Å². The molecule has 0 aliphatic carbocycles. The molecule has 4 aromatic rings. The summed E-state index contributed by atoms with van der Waals surface area (Å²) in [7, 11) is 0.736. The van der Waals surface area contributed by atoms with Gasteiger partial charge in [-0.05, 0) is 65.6 Å². The van der Waals surface area contributed by atoms with Crippen molar-refractivity contribution in [2.45, 2.75) is 69.6 Å². The molecule has 0 saturated carbocycles. The first-order chi connectivity index (χ1) is 26.5. The number of carbonyl (C=O) groups is 3. The highest BCUT2D eigenvalue weighted by atomic mass is 28.3. The number of carbonyl (C=O) groups excluding carboxylic acids is 3. The molecule has 1 spiro atoms. The fourth-order valence-corrected chi connectivity index (χ4v) is 13.2. The lowest BCUT2D eigenvalue weighted by Gasteiger charge is -2.37. The zero-order valence-electron chi connectivity index (χ0n) is 32.4. The Labute approximate surface area is 324 Å². The largest absolute Gasteiger partial charge is 0.497 e. The third kappa shape index (κ3) is 7.05. The van der Waals surface area contributed by atoms with Gasteiger partial charge in [0, 0.05) is 43.2 Å². The van der Waals surface area contributed by atoms with Crippen LogP contribution in [0.1, 0.15) is 42.9 Å². The van der Waals surface area contributed by atoms with Crippen LogP contribution in [0.3, 0.4) is 0 Å². The van der Waals surface area contributed by atoms with Crippen molar-refractivity contribution in [3.8, 4) is 11.5 Å². The number of aliphatic hydroxyl groups excluding tert-OH is 1. The Morgan fingerprint density at radius 3 is 2.25 bits per heavy atom. The number of benzene rings is 4. The maximum atomic E-state index is 15.3. The second-order valence-corrected chi connectivity index (χ2v) is 20.2. The van der Waals surface area contributed by atoms with Crippen LogP contribution in [0, 0.1) is 5.92 Å². The van der Waals surface area contributed by atoms with Crippen LogP contribution in [0.4, 0.5) is 11.4 Å². The van der Waals surface area contributed by atoms with E-state index in [4.69, 9.17) is 14.2 Å². The minimum Gasteiger partial charge on any atom is -0.497 e. The maximum Gasteiger partial charge on any atom is 0.264 e. The lowest BCUT2D eigenvalue weighted by Crippen LogP contribution is -2.52. The van der Waals surface area contributed by atoms with Crippen molar-refractivity contribution in [1.82, 2.24) is 4.90 Å². The zero-order chi connectivity index (χ0) is 38.9. The maximum absolute atomic E-state index is 15.3. The molecule has 4 atom stereocenters. The fourth-order valence-electron chi connectivity index (χ4n) is 9.18. The van der Waals surface area contributed by atoms with Crippen molar-refractivity contribution in [2.75, 3.05) is 43.7 Å². The number of amides is 3. The van der Waals surface area contributed by atoms with E-state index in [0.717, 1.165) is 40.2 Å². The van der Waals surface area contributed by atoms with Crippen molar-refractivity contribution in [3.05, 3.63) is 114 Å². The molecule has 11 heteroatoms. The number of methoxy groups -OCH3 is 2. The Balaban J connectivity index is 1.27. The third-order valence-electron chi connectivity index (χ3n) is 12.0. The van der Waals surface area contributed by atoms with Crippen molar-refractivity contribution in [1.29, 1.82) is 0 Å². The van der Waals surface area contributed by atoms with Gasteiger partial charge in [0.2, 0.25) is 11.8 Å². The van der Waals surface area contributed by atoms with E-state index < -0.39 is 19.8 Å². The van der Waals surface area contributed by atoms with E-state index >= 15 is 4.79 Å². The van der Waals surface area contributed by atoms with E-state index in [1.807, 2.05) is 89.8 Å². The quantitative estimate of drug-likeness (QED) is 0.167. The molecule has 2 fully saturated rings. The average molecular weight is 762 g/mol. The van der Waals surface area contributed by atoms with Crippen molar-refractivity contribution in [2.24, 2.45) is 5.92 Å². The highest BCUT2D eigenvalue weighted by molar-refractivity contribution is 6.91.